The van der Waals surface area contributed by atoms with Gasteiger partial charge in [0.15, 0.2) is 0 Å². The van der Waals surface area contributed by atoms with E-state index >= 15 is 0 Å². The molecule has 2 fully saturated rings. The number of methoxy groups -OCH3 is 1. The van der Waals surface area contributed by atoms with E-state index in [-0.39, 0.29) is 5.91 Å². The second-order valence-corrected chi connectivity index (χ2v) is 6.81. The molecule has 3 rings (SSSR count). The number of likely N-dealkylation sites (N-methyl/N-ethyl adjacent to an activating group) is 1. The predicted molar refractivity (Wildman–Crippen MR) is 91.4 cm³/mol. The number of amides is 1. The quantitative estimate of drug-likeness (QED) is 0.843. The van der Waals surface area contributed by atoms with Gasteiger partial charge in [-0.2, -0.15) is 0 Å². The molecule has 1 unspecified atom stereocenters. The highest BCUT2D eigenvalue weighted by atomic mass is 35.5. The molecular formula is C17H24ClN3O2. The number of halogens is 1. The molecule has 2 heterocycles. The Hall–Kier alpha value is -1.30. The number of benzene rings is 1. The topological polar surface area (TPSA) is 36.0 Å². The van der Waals surface area contributed by atoms with Crippen LogP contribution in [-0.4, -0.2) is 80.1 Å². The summed E-state index contributed by atoms with van der Waals surface area (Å²) in [6, 6.07) is 5.67. The number of likely N-dealkylation sites (tertiary alicyclic amines) is 1. The Bertz CT molecular complexity index is 573. The number of rotatable bonds is 3. The largest absolute Gasteiger partial charge is 0.496 e. The number of carbonyl (C=O) groups is 1. The Morgan fingerprint density at radius 2 is 1.96 bits per heavy atom. The maximum absolute atomic E-state index is 12.8. The van der Waals surface area contributed by atoms with E-state index in [2.05, 4.69) is 16.8 Å². The highest BCUT2D eigenvalue weighted by molar-refractivity contribution is 6.31. The molecule has 6 heteroatoms. The molecule has 0 aromatic heterocycles. The fraction of sp³-hybridized carbons (Fsp3) is 0.588. The van der Waals surface area contributed by atoms with E-state index in [9.17, 15) is 4.79 Å². The molecule has 0 spiro atoms. The molecule has 0 saturated carbocycles. The Kier molecular flexibility index (Phi) is 5.09. The molecule has 2 saturated heterocycles. The summed E-state index contributed by atoms with van der Waals surface area (Å²) in [5.41, 5.74) is 0.555. The maximum Gasteiger partial charge on any atom is 0.257 e. The molecule has 0 bridgehead atoms. The van der Waals surface area contributed by atoms with E-state index in [0.29, 0.717) is 22.4 Å². The monoisotopic (exact) mass is 337 g/mol. The first-order valence-corrected chi connectivity index (χ1v) is 8.51. The summed E-state index contributed by atoms with van der Waals surface area (Å²) in [5.74, 6) is 0.600. The van der Waals surface area contributed by atoms with Crippen LogP contribution >= 0.6 is 11.6 Å². The molecule has 0 radical (unpaired) electrons. The van der Waals surface area contributed by atoms with E-state index in [1.54, 1.807) is 25.3 Å². The number of piperazine rings is 1. The van der Waals surface area contributed by atoms with Crippen LogP contribution in [0.3, 0.4) is 0 Å². The lowest BCUT2D eigenvalue weighted by Crippen LogP contribution is -2.50. The molecule has 1 atom stereocenters. The summed E-state index contributed by atoms with van der Waals surface area (Å²) in [7, 11) is 3.74. The first-order valence-electron chi connectivity index (χ1n) is 8.14. The van der Waals surface area contributed by atoms with E-state index in [0.717, 1.165) is 45.7 Å². The third-order valence-electron chi connectivity index (χ3n) is 4.90. The van der Waals surface area contributed by atoms with Crippen LogP contribution in [0.2, 0.25) is 5.02 Å². The summed E-state index contributed by atoms with van der Waals surface area (Å²) < 4.78 is 5.31. The number of hydrogen-bond acceptors (Lipinski definition) is 4. The zero-order valence-corrected chi connectivity index (χ0v) is 14.6. The average molecular weight is 338 g/mol. The van der Waals surface area contributed by atoms with Crippen molar-refractivity contribution >= 4 is 17.5 Å². The third kappa shape index (κ3) is 3.62. The van der Waals surface area contributed by atoms with Crippen LogP contribution in [0, 0.1) is 0 Å². The average Bonchev–Trinajstić information content (AvgIpc) is 3.04. The Morgan fingerprint density at radius 3 is 2.65 bits per heavy atom. The molecule has 1 aromatic carbocycles. The van der Waals surface area contributed by atoms with Gasteiger partial charge in [-0.25, -0.2) is 0 Å². The van der Waals surface area contributed by atoms with Gasteiger partial charge >= 0.3 is 0 Å². The van der Waals surface area contributed by atoms with E-state index < -0.39 is 0 Å². The van der Waals surface area contributed by atoms with Crippen LogP contribution < -0.4 is 4.74 Å². The van der Waals surface area contributed by atoms with Gasteiger partial charge in [-0.05, 0) is 31.7 Å². The number of hydrogen-bond donors (Lipinski definition) is 0. The molecule has 23 heavy (non-hydrogen) atoms. The molecule has 2 aliphatic heterocycles. The van der Waals surface area contributed by atoms with Gasteiger partial charge < -0.3 is 14.5 Å². The molecule has 5 nitrogen and oxygen atoms in total. The number of ether oxygens (including phenoxy) is 1. The van der Waals surface area contributed by atoms with Gasteiger partial charge in [0.25, 0.3) is 5.91 Å². The van der Waals surface area contributed by atoms with Crippen molar-refractivity contribution in [2.24, 2.45) is 0 Å². The van der Waals surface area contributed by atoms with Crippen molar-refractivity contribution < 1.29 is 9.53 Å². The van der Waals surface area contributed by atoms with Crippen LogP contribution in [0.25, 0.3) is 0 Å². The Balaban J connectivity index is 1.67. The van der Waals surface area contributed by atoms with Crippen LogP contribution in [0.5, 0.6) is 5.75 Å². The van der Waals surface area contributed by atoms with Gasteiger partial charge in [-0.3, -0.25) is 9.69 Å². The smallest absolute Gasteiger partial charge is 0.257 e. The molecule has 0 aliphatic carbocycles. The maximum atomic E-state index is 12.8. The zero-order valence-electron chi connectivity index (χ0n) is 13.8. The van der Waals surface area contributed by atoms with Gasteiger partial charge in [-0.1, -0.05) is 11.6 Å². The zero-order chi connectivity index (χ0) is 16.4. The minimum absolute atomic E-state index is 0.0148. The standard InChI is InChI=1S/C17H24ClN3O2/c1-19-7-9-20(10-8-19)14-5-6-21(12-14)17(22)15-11-13(18)3-4-16(15)23-2/h3-4,11,14H,5-10,12H2,1-2H3. The van der Waals surface area contributed by atoms with Gasteiger partial charge in [0.1, 0.15) is 5.75 Å². The van der Waals surface area contributed by atoms with Crippen molar-refractivity contribution in [3.63, 3.8) is 0 Å². The summed E-state index contributed by atoms with van der Waals surface area (Å²) in [6.07, 6.45) is 1.04. The van der Waals surface area contributed by atoms with E-state index in [1.165, 1.54) is 0 Å². The first-order chi connectivity index (χ1) is 11.1. The SMILES string of the molecule is COc1ccc(Cl)cc1C(=O)N1CCC(N2CCN(C)CC2)C1. The van der Waals surface area contributed by atoms with Gasteiger partial charge in [-0.15, -0.1) is 0 Å². The highest BCUT2D eigenvalue weighted by Crippen LogP contribution is 2.26. The van der Waals surface area contributed by atoms with Crippen LogP contribution in [0.4, 0.5) is 0 Å². The van der Waals surface area contributed by atoms with Crippen molar-refractivity contribution in [3.8, 4) is 5.75 Å². The molecular weight excluding hydrogens is 314 g/mol. The third-order valence-corrected chi connectivity index (χ3v) is 5.13. The van der Waals surface area contributed by atoms with Crippen molar-refractivity contribution in [2.45, 2.75) is 12.5 Å². The lowest BCUT2D eigenvalue weighted by molar-refractivity contribution is 0.0752. The Morgan fingerprint density at radius 1 is 1.22 bits per heavy atom. The van der Waals surface area contributed by atoms with Crippen molar-refractivity contribution in [1.82, 2.24) is 14.7 Å². The number of nitrogens with zero attached hydrogens (tertiary/aromatic N) is 3. The second kappa shape index (κ2) is 7.07. The molecule has 2 aliphatic rings. The summed E-state index contributed by atoms with van der Waals surface area (Å²) in [4.78, 5) is 19.6. The van der Waals surface area contributed by atoms with Gasteiger partial charge in [0.05, 0.1) is 12.7 Å². The second-order valence-electron chi connectivity index (χ2n) is 6.38. The minimum atomic E-state index is 0.0148. The number of carbonyl (C=O) groups excluding carboxylic acids is 1. The van der Waals surface area contributed by atoms with Gasteiger partial charge in [0, 0.05) is 50.3 Å². The lowest BCUT2D eigenvalue weighted by atomic mass is 10.1. The first kappa shape index (κ1) is 16.6. The molecule has 126 valence electrons. The van der Waals surface area contributed by atoms with E-state index in [4.69, 9.17) is 16.3 Å². The lowest BCUT2D eigenvalue weighted by Gasteiger charge is -2.36. The molecule has 1 aromatic rings. The highest BCUT2D eigenvalue weighted by Gasteiger charge is 2.32. The predicted octanol–water partition coefficient (Wildman–Crippen LogP) is 1.81. The summed E-state index contributed by atoms with van der Waals surface area (Å²) >= 11 is 6.05. The van der Waals surface area contributed by atoms with Gasteiger partial charge in [0.2, 0.25) is 0 Å². The van der Waals surface area contributed by atoms with Crippen LogP contribution in [0.1, 0.15) is 16.8 Å². The van der Waals surface area contributed by atoms with Crippen LogP contribution in [-0.2, 0) is 0 Å². The van der Waals surface area contributed by atoms with Crippen LogP contribution in [0.15, 0.2) is 18.2 Å². The Labute approximate surface area is 142 Å². The minimum Gasteiger partial charge on any atom is -0.496 e. The molecule has 0 N–H and O–H groups in total. The normalized spacial score (nSPS) is 23.3. The van der Waals surface area contributed by atoms with E-state index in [1.807, 2.05) is 4.90 Å². The summed E-state index contributed by atoms with van der Waals surface area (Å²) in [5, 5.41) is 0.559. The van der Waals surface area contributed by atoms with Crippen molar-refractivity contribution in [3.05, 3.63) is 28.8 Å². The fourth-order valence-electron chi connectivity index (χ4n) is 3.43. The van der Waals surface area contributed by atoms with Crippen molar-refractivity contribution in [2.75, 3.05) is 53.4 Å². The molecule has 1 amide bonds. The fourth-order valence-corrected chi connectivity index (χ4v) is 3.60. The summed E-state index contributed by atoms with van der Waals surface area (Å²) in [6.45, 7) is 5.97. The van der Waals surface area contributed by atoms with Crippen molar-refractivity contribution in [1.29, 1.82) is 0 Å².